The van der Waals surface area contributed by atoms with Gasteiger partial charge < -0.3 is 0 Å². The van der Waals surface area contributed by atoms with E-state index in [4.69, 9.17) is 0 Å². The normalized spacial score (nSPS) is 12.2. The molecule has 0 saturated carbocycles. The third kappa shape index (κ3) is 5.60. The Balaban J connectivity index is 1.56. The molecule has 148 valence electrons. The first-order valence-electron chi connectivity index (χ1n) is 8.17. The largest absolute Gasteiger partial charge is 0.446 e. The van der Waals surface area contributed by atoms with Crippen LogP contribution >= 0.6 is 11.8 Å². The van der Waals surface area contributed by atoms with E-state index >= 15 is 0 Å². The van der Waals surface area contributed by atoms with Gasteiger partial charge in [-0.1, -0.05) is 12.1 Å². The van der Waals surface area contributed by atoms with E-state index in [-0.39, 0.29) is 28.1 Å². The van der Waals surface area contributed by atoms with E-state index in [1.807, 2.05) is 36.5 Å². The zero-order valence-corrected chi connectivity index (χ0v) is 16.1. The molecule has 0 aliphatic heterocycles. The van der Waals surface area contributed by atoms with E-state index < -0.39 is 15.5 Å². The van der Waals surface area contributed by atoms with Crippen LogP contribution < -0.4 is 4.72 Å². The van der Waals surface area contributed by atoms with Crippen molar-refractivity contribution >= 4 is 21.8 Å². The highest BCUT2D eigenvalue weighted by molar-refractivity contribution is 8.00. The van der Waals surface area contributed by atoms with Gasteiger partial charge in [-0.2, -0.15) is 18.3 Å². The summed E-state index contributed by atoms with van der Waals surface area (Å²) in [5.41, 5.74) is -2.58. The predicted octanol–water partition coefficient (Wildman–Crippen LogP) is 4.01. The summed E-state index contributed by atoms with van der Waals surface area (Å²) >= 11 is -0.286. The first kappa shape index (κ1) is 20.4. The molecule has 1 N–H and O–H groups in total. The van der Waals surface area contributed by atoms with Gasteiger partial charge in [-0.05, 0) is 66.2 Å². The van der Waals surface area contributed by atoms with Crippen molar-refractivity contribution in [1.82, 2.24) is 14.5 Å². The highest BCUT2D eigenvalue weighted by atomic mass is 32.2. The van der Waals surface area contributed by atoms with E-state index in [1.54, 1.807) is 10.9 Å². The minimum atomic E-state index is -4.41. The molecule has 5 nitrogen and oxygen atoms in total. The molecule has 3 aromatic rings. The molecule has 0 aliphatic rings. The van der Waals surface area contributed by atoms with Gasteiger partial charge in [0.15, 0.2) is 0 Å². The van der Waals surface area contributed by atoms with Crippen LogP contribution in [0.1, 0.15) is 5.56 Å². The number of nitrogens with one attached hydrogen (secondary N) is 1. The fraction of sp³-hybridized carbons (Fsp3) is 0.167. The molecular weight excluding hydrogens is 411 g/mol. The molecule has 0 radical (unpaired) electrons. The summed E-state index contributed by atoms with van der Waals surface area (Å²) in [6.45, 7) is 0.169. The van der Waals surface area contributed by atoms with Gasteiger partial charge in [0, 0.05) is 23.8 Å². The molecule has 10 heteroatoms. The molecule has 0 spiro atoms. The number of hydrogen-bond acceptors (Lipinski definition) is 4. The van der Waals surface area contributed by atoms with Gasteiger partial charge in [-0.15, -0.1) is 0 Å². The summed E-state index contributed by atoms with van der Waals surface area (Å²) in [5.74, 6) is 0. The second-order valence-electron chi connectivity index (χ2n) is 5.78. The Hall–Kier alpha value is -2.30. The number of benzene rings is 2. The molecule has 0 fully saturated rings. The SMILES string of the molecule is O=S(=O)(NCCc1ccc(-n2cccn2)cc1)c1ccc(SC(F)(F)F)cc1. The van der Waals surface area contributed by atoms with E-state index in [0.717, 1.165) is 35.5 Å². The maximum atomic E-state index is 12.3. The van der Waals surface area contributed by atoms with Gasteiger partial charge >= 0.3 is 5.51 Å². The molecule has 2 aromatic carbocycles. The number of alkyl halides is 3. The van der Waals surface area contributed by atoms with Crippen LogP contribution in [0.15, 0.2) is 76.8 Å². The quantitative estimate of drug-likeness (QED) is 0.579. The molecular formula is C18H16F3N3O2S2. The van der Waals surface area contributed by atoms with E-state index in [9.17, 15) is 21.6 Å². The van der Waals surface area contributed by atoms with E-state index in [2.05, 4.69) is 9.82 Å². The topological polar surface area (TPSA) is 64.0 Å². The van der Waals surface area contributed by atoms with Crippen LogP contribution in [0, 0.1) is 0 Å². The first-order chi connectivity index (χ1) is 13.2. The molecule has 28 heavy (non-hydrogen) atoms. The lowest BCUT2D eigenvalue weighted by molar-refractivity contribution is -0.0328. The standard InChI is InChI=1S/C18H16F3N3O2S2/c19-18(20,21)27-16-6-8-17(9-7-16)28(25,26)23-12-10-14-2-4-15(5-3-14)24-13-1-11-22-24/h1-9,11,13,23H,10,12H2. The third-order valence-electron chi connectivity index (χ3n) is 3.78. The smallest absolute Gasteiger partial charge is 0.241 e. The lowest BCUT2D eigenvalue weighted by Crippen LogP contribution is -2.26. The average molecular weight is 427 g/mol. The molecule has 1 aromatic heterocycles. The second kappa shape index (κ2) is 8.38. The summed E-state index contributed by atoms with van der Waals surface area (Å²) in [6.07, 6.45) is 3.97. The van der Waals surface area contributed by atoms with Crippen LogP contribution in [-0.2, 0) is 16.4 Å². The number of rotatable bonds is 7. The fourth-order valence-corrected chi connectivity index (χ4v) is 4.04. The Morgan fingerprint density at radius 2 is 1.71 bits per heavy atom. The van der Waals surface area contributed by atoms with Crippen molar-refractivity contribution in [3.8, 4) is 5.69 Å². The molecule has 0 unspecified atom stereocenters. The Bertz CT molecular complexity index is 1000. The van der Waals surface area contributed by atoms with Crippen LogP contribution in [0.4, 0.5) is 13.2 Å². The molecule has 3 rings (SSSR count). The maximum absolute atomic E-state index is 12.3. The van der Waals surface area contributed by atoms with Crippen molar-refractivity contribution < 1.29 is 21.6 Å². The molecule has 0 aliphatic carbocycles. The number of aromatic nitrogens is 2. The van der Waals surface area contributed by atoms with Crippen LogP contribution in [0.2, 0.25) is 0 Å². The maximum Gasteiger partial charge on any atom is 0.446 e. The number of hydrogen-bond donors (Lipinski definition) is 1. The molecule has 0 atom stereocenters. The predicted molar refractivity (Wildman–Crippen MR) is 101 cm³/mol. The fourth-order valence-electron chi connectivity index (χ4n) is 2.47. The van der Waals surface area contributed by atoms with Crippen molar-refractivity contribution in [2.45, 2.75) is 21.7 Å². The number of nitrogens with zero attached hydrogens (tertiary/aromatic N) is 2. The number of sulfonamides is 1. The van der Waals surface area contributed by atoms with Crippen molar-refractivity contribution in [2.24, 2.45) is 0 Å². The highest BCUT2D eigenvalue weighted by Gasteiger charge is 2.29. The van der Waals surface area contributed by atoms with Crippen molar-refractivity contribution in [2.75, 3.05) is 6.54 Å². The van der Waals surface area contributed by atoms with Gasteiger partial charge in [0.25, 0.3) is 0 Å². The Morgan fingerprint density at radius 3 is 2.29 bits per heavy atom. The summed E-state index contributed by atoms with van der Waals surface area (Å²) in [4.78, 5) is -0.142. The lowest BCUT2D eigenvalue weighted by Gasteiger charge is -2.09. The zero-order chi connectivity index (χ0) is 20.2. The Labute approximate surface area is 164 Å². The number of thioether (sulfide) groups is 1. The van der Waals surface area contributed by atoms with Gasteiger partial charge in [0.05, 0.1) is 10.6 Å². The van der Waals surface area contributed by atoms with Crippen LogP contribution in [0.5, 0.6) is 0 Å². The Kier molecular flexibility index (Phi) is 6.11. The van der Waals surface area contributed by atoms with Crippen molar-refractivity contribution in [1.29, 1.82) is 0 Å². The monoisotopic (exact) mass is 427 g/mol. The van der Waals surface area contributed by atoms with Crippen LogP contribution in [0.3, 0.4) is 0 Å². The lowest BCUT2D eigenvalue weighted by atomic mass is 10.1. The van der Waals surface area contributed by atoms with Gasteiger partial charge in [-0.25, -0.2) is 17.8 Å². The first-order valence-corrected chi connectivity index (χ1v) is 10.5. The van der Waals surface area contributed by atoms with E-state index in [0.29, 0.717) is 6.42 Å². The summed E-state index contributed by atoms with van der Waals surface area (Å²) in [7, 11) is -3.79. The van der Waals surface area contributed by atoms with Crippen LogP contribution in [0.25, 0.3) is 5.69 Å². The van der Waals surface area contributed by atoms with Gasteiger partial charge in [-0.3, -0.25) is 0 Å². The number of halogens is 3. The summed E-state index contributed by atoms with van der Waals surface area (Å²) < 4.78 is 65.7. The summed E-state index contributed by atoms with van der Waals surface area (Å²) in [5, 5.41) is 4.13. The third-order valence-corrected chi connectivity index (χ3v) is 5.99. The molecule has 0 bridgehead atoms. The second-order valence-corrected chi connectivity index (χ2v) is 8.69. The van der Waals surface area contributed by atoms with Crippen molar-refractivity contribution in [3.05, 3.63) is 72.6 Å². The van der Waals surface area contributed by atoms with Gasteiger partial charge in [0.1, 0.15) is 0 Å². The van der Waals surface area contributed by atoms with E-state index in [1.165, 1.54) is 0 Å². The van der Waals surface area contributed by atoms with Crippen LogP contribution in [-0.4, -0.2) is 30.3 Å². The van der Waals surface area contributed by atoms with Crippen molar-refractivity contribution in [3.63, 3.8) is 0 Å². The molecule has 0 saturated heterocycles. The highest BCUT2D eigenvalue weighted by Crippen LogP contribution is 2.36. The molecule has 1 heterocycles. The van der Waals surface area contributed by atoms with Gasteiger partial charge in [0.2, 0.25) is 10.0 Å². The minimum Gasteiger partial charge on any atom is -0.241 e. The zero-order valence-electron chi connectivity index (χ0n) is 14.4. The minimum absolute atomic E-state index is 0.0660. The Morgan fingerprint density at radius 1 is 1.04 bits per heavy atom. The average Bonchev–Trinajstić information content (AvgIpc) is 3.16. The molecule has 0 amide bonds. The summed E-state index contributed by atoms with van der Waals surface area (Å²) in [6, 6.07) is 14.0.